The van der Waals surface area contributed by atoms with Gasteiger partial charge in [-0.1, -0.05) is 0 Å². The van der Waals surface area contributed by atoms with Crippen LogP contribution in [0.1, 0.15) is 10.5 Å². The monoisotopic (exact) mass is 153 g/mol. The maximum atomic E-state index is 10.4. The van der Waals surface area contributed by atoms with Crippen molar-refractivity contribution in [2.24, 2.45) is 0 Å². The van der Waals surface area contributed by atoms with Crippen LogP contribution in [0.5, 0.6) is 0 Å². The molecule has 0 aromatic carbocycles. The highest BCUT2D eigenvalue weighted by molar-refractivity contribution is 5.86. The first kappa shape index (κ1) is 7.53. The Morgan fingerprint density at radius 2 is 2.45 bits per heavy atom. The van der Waals surface area contributed by atoms with E-state index in [4.69, 9.17) is 5.11 Å². The van der Waals surface area contributed by atoms with Crippen LogP contribution in [0, 0.1) is 0 Å². The number of rotatable bonds is 3. The van der Waals surface area contributed by atoms with E-state index in [-0.39, 0.29) is 12.2 Å². The fourth-order valence-corrected chi connectivity index (χ4v) is 0.848. The van der Waals surface area contributed by atoms with Gasteiger partial charge in [0, 0.05) is 6.20 Å². The first-order valence-corrected chi connectivity index (χ1v) is 3.08. The standard InChI is InChI=1S/C7H7NO3/c9-5-4-8-3-1-2-6(8)7(10)11/h1-3,5H,4H2,(H,10,11). The van der Waals surface area contributed by atoms with Gasteiger partial charge in [-0.25, -0.2) is 4.79 Å². The van der Waals surface area contributed by atoms with E-state index in [0.29, 0.717) is 6.29 Å². The van der Waals surface area contributed by atoms with E-state index in [2.05, 4.69) is 0 Å². The summed E-state index contributed by atoms with van der Waals surface area (Å²) in [5, 5.41) is 8.54. The fourth-order valence-electron chi connectivity index (χ4n) is 0.848. The molecule has 0 radical (unpaired) electrons. The Morgan fingerprint density at radius 3 is 3.00 bits per heavy atom. The van der Waals surface area contributed by atoms with Gasteiger partial charge in [0.1, 0.15) is 12.0 Å². The van der Waals surface area contributed by atoms with Gasteiger partial charge in [-0.2, -0.15) is 0 Å². The van der Waals surface area contributed by atoms with Crippen LogP contribution < -0.4 is 0 Å². The number of nitrogens with zero attached hydrogens (tertiary/aromatic N) is 1. The molecule has 1 N–H and O–H groups in total. The summed E-state index contributed by atoms with van der Waals surface area (Å²) in [5.41, 5.74) is 0.136. The Bertz CT molecular complexity index is 277. The largest absolute Gasteiger partial charge is 0.477 e. The molecule has 0 aliphatic rings. The third kappa shape index (κ3) is 1.46. The number of aldehydes is 1. The van der Waals surface area contributed by atoms with E-state index in [1.54, 1.807) is 12.3 Å². The molecule has 0 unspecified atom stereocenters. The minimum Gasteiger partial charge on any atom is -0.477 e. The molecule has 0 bridgehead atoms. The summed E-state index contributed by atoms with van der Waals surface area (Å²) in [6.07, 6.45) is 2.21. The molecule has 58 valence electrons. The van der Waals surface area contributed by atoms with Crippen LogP contribution in [0.4, 0.5) is 0 Å². The molecule has 0 saturated heterocycles. The Balaban J connectivity index is 2.95. The van der Waals surface area contributed by atoms with Crippen molar-refractivity contribution in [2.45, 2.75) is 6.54 Å². The Kier molecular flexibility index (Phi) is 2.06. The predicted molar refractivity (Wildman–Crippen MR) is 37.5 cm³/mol. The number of carbonyl (C=O) groups is 2. The zero-order valence-electron chi connectivity index (χ0n) is 5.73. The van der Waals surface area contributed by atoms with E-state index in [9.17, 15) is 9.59 Å². The first-order chi connectivity index (χ1) is 5.25. The normalized spacial score (nSPS) is 9.45. The summed E-state index contributed by atoms with van der Waals surface area (Å²) in [6.45, 7) is 0.0919. The molecule has 0 saturated carbocycles. The number of carbonyl (C=O) groups excluding carboxylic acids is 1. The van der Waals surface area contributed by atoms with Crippen LogP contribution in [0.15, 0.2) is 18.3 Å². The predicted octanol–water partition coefficient (Wildman–Crippen LogP) is 0.385. The third-order valence-electron chi connectivity index (χ3n) is 1.32. The summed E-state index contributed by atoms with van der Waals surface area (Å²) in [5.74, 6) is -1.02. The van der Waals surface area contributed by atoms with Crippen LogP contribution in [0.25, 0.3) is 0 Å². The van der Waals surface area contributed by atoms with E-state index in [1.165, 1.54) is 10.6 Å². The lowest BCUT2D eigenvalue weighted by molar-refractivity contribution is -0.108. The van der Waals surface area contributed by atoms with E-state index in [0.717, 1.165) is 0 Å². The topological polar surface area (TPSA) is 59.3 Å². The Morgan fingerprint density at radius 1 is 1.73 bits per heavy atom. The third-order valence-corrected chi connectivity index (χ3v) is 1.32. The maximum absolute atomic E-state index is 10.4. The average molecular weight is 153 g/mol. The second-order valence-electron chi connectivity index (χ2n) is 2.02. The zero-order chi connectivity index (χ0) is 8.27. The van der Waals surface area contributed by atoms with Crippen molar-refractivity contribution in [2.75, 3.05) is 0 Å². The minimum atomic E-state index is -1.02. The lowest BCUT2D eigenvalue weighted by Crippen LogP contribution is -2.07. The lowest BCUT2D eigenvalue weighted by atomic mass is 10.4. The molecule has 4 heteroatoms. The second-order valence-corrected chi connectivity index (χ2v) is 2.02. The van der Waals surface area contributed by atoms with Gasteiger partial charge in [0.15, 0.2) is 0 Å². The molecule has 1 aromatic rings. The Labute approximate surface area is 63.1 Å². The van der Waals surface area contributed by atoms with Crippen molar-refractivity contribution in [3.63, 3.8) is 0 Å². The van der Waals surface area contributed by atoms with Crippen LogP contribution >= 0.6 is 0 Å². The van der Waals surface area contributed by atoms with Crippen LogP contribution in [0.2, 0.25) is 0 Å². The summed E-state index contributed by atoms with van der Waals surface area (Å²) in [7, 11) is 0. The van der Waals surface area contributed by atoms with Crippen molar-refractivity contribution < 1.29 is 14.7 Å². The fraction of sp³-hybridized carbons (Fsp3) is 0.143. The summed E-state index contributed by atoms with van der Waals surface area (Å²) in [4.78, 5) is 20.5. The highest BCUT2D eigenvalue weighted by Gasteiger charge is 2.06. The molecule has 11 heavy (non-hydrogen) atoms. The van der Waals surface area contributed by atoms with E-state index >= 15 is 0 Å². The zero-order valence-corrected chi connectivity index (χ0v) is 5.73. The van der Waals surface area contributed by atoms with Gasteiger partial charge in [0.05, 0.1) is 6.54 Å². The molecule has 0 atom stereocenters. The molecule has 0 fully saturated rings. The van der Waals surface area contributed by atoms with Gasteiger partial charge in [-0.15, -0.1) is 0 Å². The summed E-state index contributed by atoms with van der Waals surface area (Å²) < 4.78 is 1.37. The maximum Gasteiger partial charge on any atom is 0.352 e. The highest BCUT2D eigenvalue weighted by atomic mass is 16.4. The molecule has 0 spiro atoms. The van der Waals surface area contributed by atoms with Crippen molar-refractivity contribution in [1.29, 1.82) is 0 Å². The van der Waals surface area contributed by atoms with Crippen molar-refractivity contribution in [1.82, 2.24) is 4.57 Å². The van der Waals surface area contributed by atoms with Gasteiger partial charge in [0.2, 0.25) is 0 Å². The molecule has 1 rings (SSSR count). The number of carboxylic acids is 1. The van der Waals surface area contributed by atoms with Crippen molar-refractivity contribution in [3.05, 3.63) is 24.0 Å². The molecular weight excluding hydrogens is 146 g/mol. The van der Waals surface area contributed by atoms with Gasteiger partial charge in [-0.05, 0) is 12.1 Å². The lowest BCUT2D eigenvalue weighted by Gasteiger charge is -1.98. The molecule has 4 nitrogen and oxygen atoms in total. The molecule has 0 amide bonds. The van der Waals surface area contributed by atoms with Crippen LogP contribution in [-0.2, 0) is 11.3 Å². The number of carboxylic acid groups (broad SMARTS) is 1. The molecule has 1 aromatic heterocycles. The number of hydrogen-bond donors (Lipinski definition) is 1. The van der Waals surface area contributed by atoms with Crippen LogP contribution in [-0.4, -0.2) is 21.9 Å². The van der Waals surface area contributed by atoms with E-state index in [1.807, 2.05) is 0 Å². The Hall–Kier alpha value is -1.58. The molecular formula is C7H7NO3. The molecule has 1 heterocycles. The molecule has 0 aliphatic carbocycles. The van der Waals surface area contributed by atoms with Crippen molar-refractivity contribution >= 4 is 12.3 Å². The summed E-state index contributed by atoms with van der Waals surface area (Å²) in [6, 6.07) is 3.04. The van der Waals surface area contributed by atoms with Gasteiger partial charge in [0.25, 0.3) is 0 Å². The number of aromatic nitrogens is 1. The summed E-state index contributed by atoms with van der Waals surface area (Å²) >= 11 is 0. The van der Waals surface area contributed by atoms with E-state index < -0.39 is 5.97 Å². The quantitative estimate of drug-likeness (QED) is 0.639. The van der Waals surface area contributed by atoms with Gasteiger partial charge < -0.3 is 14.5 Å². The highest BCUT2D eigenvalue weighted by Crippen LogP contribution is 2.00. The second kappa shape index (κ2) is 3.01. The van der Waals surface area contributed by atoms with Gasteiger partial charge >= 0.3 is 5.97 Å². The van der Waals surface area contributed by atoms with Crippen LogP contribution in [0.3, 0.4) is 0 Å². The minimum absolute atomic E-state index is 0.0919. The average Bonchev–Trinajstić information content (AvgIpc) is 2.36. The number of hydrogen-bond acceptors (Lipinski definition) is 2. The first-order valence-electron chi connectivity index (χ1n) is 3.08. The SMILES string of the molecule is O=CCn1cccc1C(=O)O. The van der Waals surface area contributed by atoms with Crippen molar-refractivity contribution in [3.8, 4) is 0 Å². The number of aromatic carboxylic acids is 1. The smallest absolute Gasteiger partial charge is 0.352 e. The van der Waals surface area contributed by atoms with Gasteiger partial charge in [-0.3, -0.25) is 0 Å². The molecule has 0 aliphatic heterocycles.